The van der Waals surface area contributed by atoms with Gasteiger partial charge in [-0.3, -0.25) is 4.57 Å². The van der Waals surface area contributed by atoms with Crippen LogP contribution in [0, 0.1) is 6.92 Å². The van der Waals surface area contributed by atoms with Crippen LogP contribution in [0.5, 0.6) is 0 Å². The molecular weight excluding hydrogens is 332 g/mol. The molecule has 1 aliphatic heterocycles. The van der Waals surface area contributed by atoms with Crippen molar-refractivity contribution in [3.05, 3.63) is 41.4 Å². The Labute approximate surface area is 145 Å². The molecule has 23 heavy (non-hydrogen) atoms. The van der Waals surface area contributed by atoms with E-state index in [4.69, 9.17) is 16.3 Å². The number of anilines is 1. The van der Waals surface area contributed by atoms with Gasteiger partial charge in [-0.05, 0) is 19.1 Å². The van der Waals surface area contributed by atoms with Crippen molar-refractivity contribution in [1.29, 1.82) is 0 Å². The Hall–Kier alpha value is -1.50. The van der Waals surface area contributed by atoms with Crippen molar-refractivity contribution in [2.45, 2.75) is 12.1 Å². The number of benzene rings is 1. The van der Waals surface area contributed by atoms with Gasteiger partial charge in [0, 0.05) is 23.9 Å². The van der Waals surface area contributed by atoms with Gasteiger partial charge in [0.05, 0.1) is 18.9 Å². The van der Waals surface area contributed by atoms with Crippen molar-refractivity contribution < 1.29 is 4.74 Å². The summed E-state index contributed by atoms with van der Waals surface area (Å²) in [7, 11) is 0. The van der Waals surface area contributed by atoms with Gasteiger partial charge in [0.1, 0.15) is 0 Å². The number of nitrogens with zero attached hydrogens (tertiary/aromatic N) is 4. The fourth-order valence-electron chi connectivity index (χ4n) is 2.39. The van der Waals surface area contributed by atoms with Crippen LogP contribution in [0.4, 0.5) is 5.95 Å². The van der Waals surface area contributed by atoms with Gasteiger partial charge in [0.15, 0.2) is 5.16 Å². The maximum Gasteiger partial charge on any atom is 0.232 e. The molecule has 1 aliphatic rings. The number of thioether (sulfide) groups is 1. The number of aryl methyl sites for hydroxylation is 1. The number of ether oxygens (including phenoxy) is 1. The molecule has 2 aromatic rings. The average Bonchev–Trinajstić information content (AvgIpc) is 2.98. The molecule has 0 saturated carbocycles. The van der Waals surface area contributed by atoms with E-state index < -0.39 is 0 Å². The van der Waals surface area contributed by atoms with Gasteiger partial charge in [-0.15, -0.1) is 10.2 Å². The number of aromatic nitrogens is 3. The average molecular weight is 351 g/mol. The van der Waals surface area contributed by atoms with Gasteiger partial charge in [0.25, 0.3) is 0 Å². The first-order valence-corrected chi connectivity index (χ1v) is 8.83. The smallest absolute Gasteiger partial charge is 0.232 e. The second kappa shape index (κ2) is 7.38. The van der Waals surface area contributed by atoms with Gasteiger partial charge in [0.2, 0.25) is 5.95 Å². The highest BCUT2D eigenvalue weighted by molar-refractivity contribution is 7.99. The van der Waals surface area contributed by atoms with Crippen LogP contribution in [0.25, 0.3) is 5.69 Å². The summed E-state index contributed by atoms with van der Waals surface area (Å²) >= 11 is 7.44. The first kappa shape index (κ1) is 16.4. The summed E-state index contributed by atoms with van der Waals surface area (Å²) in [5.74, 6) is 1.45. The van der Waals surface area contributed by atoms with Crippen LogP contribution < -0.4 is 4.90 Å². The molecule has 0 unspecified atom stereocenters. The largest absolute Gasteiger partial charge is 0.378 e. The number of hydrogen-bond acceptors (Lipinski definition) is 5. The number of rotatable bonds is 5. The Balaban J connectivity index is 1.98. The Morgan fingerprint density at radius 3 is 2.61 bits per heavy atom. The van der Waals surface area contributed by atoms with Crippen LogP contribution >= 0.6 is 23.4 Å². The van der Waals surface area contributed by atoms with Gasteiger partial charge in [-0.1, -0.05) is 47.6 Å². The summed E-state index contributed by atoms with van der Waals surface area (Å²) in [5, 5.41) is 10.2. The van der Waals surface area contributed by atoms with Gasteiger partial charge >= 0.3 is 0 Å². The van der Waals surface area contributed by atoms with Crippen LogP contribution in [0.1, 0.15) is 5.56 Å². The lowest BCUT2D eigenvalue weighted by Gasteiger charge is -2.28. The Morgan fingerprint density at radius 2 is 1.96 bits per heavy atom. The summed E-state index contributed by atoms with van der Waals surface area (Å²) < 4.78 is 7.51. The molecule has 0 N–H and O–H groups in total. The van der Waals surface area contributed by atoms with Crippen LogP contribution in [0.3, 0.4) is 0 Å². The molecule has 0 radical (unpaired) electrons. The van der Waals surface area contributed by atoms with E-state index in [1.165, 1.54) is 17.3 Å². The molecule has 1 fully saturated rings. The SMILES string of the molecule is C=C(Cl)CSc1nnc(N2CCOCC2)n1-c1ccc(C)cc1. The highest BCUT2D eigenvalue weighted by Crippen LogP contribution is 2.28. The lowest BCUT2D eigenvalue weighted by molar-refractivity contribution is 0.122. The van der Waals surface area contributed by atoms with E-state index in [0.29, 0.717) is 24.0 Å². The number of hydrogen-bond donors (Lipinski definition) is 0. The predicted molar refractivity (Wildman–Crippen MR) is 94.8 cm³/mol. The Bertz CT molecular complexity index is 680. The fourth-order valence-corrected chi connectivity index (χ4v) is 3.25. The topological polar surface area (TPSA) is 43.2 Å². The van der Waals surface area contributed by atoms with Crippen LogP contribution in [-0.2, 0) is 4.74 Å². The highest BCUT2D eigenvalue weighted by atomic mass is 35.5. The van der Waals surface area contributed by atoms with E-state index in [2.05, 4.69) is 57.4 Å². The normalized spacial score (nSPS) is 15.0. The standard InChI is InChI=1S/C16H19ClN4OS/c1-12-3-5-14(6-4-12)21-15(20-7-9-22-10-8-20)18-19-16(21)23-11-13(2)17/h3-6H,2,7-11H2,1H3. The first-order chi connectivity index (χ1) is 11.1. The molecule has 7 heteroatoms. The second-order valence-corrected chi connectivity index (χ2v) is 6.84. The Morgan fingerprint density at radius 1 is 1.26 bits per heavy atom. The summed E-state index contributed by atoms with van der Waals surface area (Å²) in [4.78, 5) is 2.20. The lowest BCUT2D eigenvalue weighted by Crippen LogP contribution is -2.37. The third kappa shape index (κ3) is 3.88. The van der Waals surface area contributed by atoms with Gasteiger partial charge in [-0.2, -0.15) is 0 Å². The number of halogens is 1. The van der Waals surface area contributed by atoms with Crippen molar-refractivity contribution in [2.75, 3.05) is 37.0 Å². The summed E-state index contributed by atoms with van der Waals surface area (Å²) in [6.45, 7) is 8.87. The van der Waals surface area contributed by atoms with Crippen molar-refractivity contribution >= 4 is 29.3 Å². The van der Waals surface area contributed by atoms with E-state index in [1.54, 1.807) is 0 Å². The van der Waals surface area contributed by atoms with E-state index in [1.807, 2.05) is 0 Å². The minimum Gasteiger partial charge on any atom is -0.378 e. The Kier molecular flexibility index (Phi) is 5.25. The van der Waals surface area contributed by atoms with E-state index in [9.17, 15) is 0 Å². The molecule has 1 saturated heterocycles. The zero-order valence-electron chi connectivity index (χ0n) is 13.0. The summed E-state index contributed by atoms with van der Waals surface area (Å²) in [6.07, 6.45) is 0. The fraction of sp³-hybridized carbons (Fsp3) is 0.375. The van der Waals surface area contributed by atoms with Crippen LogP contribution in [0.2, 0.25) is 0 Å². The minimum absolute atomic E-state index is 0.598. The third-order valence-corrected chi connectivity index (χ3v) is 4.87. The van der Waals surface area contributed by atoms with Gasteiger partial charge < -0.3 is 9.64 Å². The molecule has 5 nitrogen and oxygen atoms in total. The maximum absolute atomic E-state index is 5.90. The van der Waals surface area contributed by atoms with E-state index in [0.717, 1.165) is 29.9 Å². The third-order valence-electron chi connectivity index (χ3n) is 3.56. The number of morpholine rings is 1. The van der Waals surface area contributed by atoms with Crippen LogP contribution in [-0.4, -0.2) is 46.8 Å². The molecule has 1 aromatic heterocycles. The molecule has 0 aliphatic carbocycles. The van der Waals surface area contributed by atoms with Crippen molar-refractivity contribution in [2.24, 2.45) is 0 Å². The molecule has 122 valence electrons. The molecule has 0 amide bonds. The second-order valence-electron chi connectivity index (χ2n) is 5.36. The molecular formula is C16H19ClN4OS. The molecule has 1 aromatic carbocycles. The van der Waals surface area contributed by atoms with Crippen molar-refractivity contribution in [3.63, 3.8) is 0 Å². The summed E-state index contributed by atoms with van der Waals surface area (Å²) in [5.41, 5.74) is 2.27. The van der Waals surface area contributed by atoms with Crippen molar-refractivity contribution in [3.8, 4) is 5.69 Å². The maximum atomic E-state index is 5.90. The zero-order chi connectivity index (χ0) is 16.2. The van der Waals surface area contributed by atoms with E-state index in [-0.39, 0.29) is 0 Å². The predicted octanol–water partition coefficient (Wildman–Crippen LogP) is 3.26. The summed E-state index contributed by atoms with van der Waals surface area (Å²) in [6, 6.07) is 8.35. The van der Waals surface area contributed by atoms with Crippen molar-refractivity contribution in [1.82, 2.24) is 14.8 Å². The first-order valence-electron chi connectivity index (χ1n) is 7.46. The monoisotopic (exact) mass is 350 g/mol. The zero-order valence-corrected chi connectivity index (χ0v) is 14.6. The molecule has 0 spiro atoms. The van der Waals surface area contributed by atoms with Gasteiger partial charge in [-0.25, -0.2) is 0 Å². The molecule has 3 rings (SSSR count). The van der Waals surface area contributed by atoms with E-state index >= 15 is 0 Å². The quantitative estimate of drug-likeness (QED) is 0.774. The molecule has 0 atom stereocenters. The molecule has 2 heterocycles. The highest BCUT2D eigenvalue weighted by Gasteiger charge is 2.21. The minimum atomic E-state index is 0.598. The molecule has 0 bridgehead atoms. The van der Waals surface area contributed by atoms with Crippen LogP contribution in [0.15, 0.2) is 41.0 Å². The lowest BCUT2D eigenvalue weighted by atomic mass is 10.2.